The summed E-state index contributed by atoms with van der Waals surface area (Å²) < 4.78 is 0. The second kappa shape index (κ2) is 5.09. The van der Waals surface area contributed by atoms with E-state index in [9.17, 15) is 4.79 Å². The van der Waals surface area contributed by atoms with Gasteiger partial charge in [0, 0.05) is 11.6 Å². The van der Waals surface area contributed by atoms with Crippen LogP contribution in [0.4, 0.5) is 5.69 Å². The van der Waals surface area contributed by atoms with Crippen LogP contribution < -0.4 is 5.32 Å². The quantitative estimate of drug-likeness (QED) is 0.628. The Morgan fingerprint density at radius 2 is 2.06 bits per heavy atom. The first-order chi connectivity index (χ1) is 8.24. The third-order valence-corrected chi connectivity index (χ3v) is 3.98. The zero-order valence-corrected chi connectivity index (χ0v) is 10.9. The fourth-order valence-electron chi connectivity index (χ4n) is 2.67. The number of rotatable bonds is 5. The summed E-state index contributed by atoms with van der Waals surface area (Å²) in [4.78, 5) is 12.2. The highest BCUT2D eigenvalue weighted by Gasteiger charge is 2.44. The first-order valence-electron chi connectivity index (χ1n) is 6.21. The maximum absolute atomic E-state index is 12.2. The van der Waals surface area contributed by atoms with Gasteiger partial charge in [-0.25, -0.2) is 0 Å². The Labute approximate surface area is 107 Å². The Morgan fingerprint density at radius 1 is 1.29 bits per heavy atom. The van der Waals surface area contributed by atoms with Gasteiger partial charge in [0.2, 0.25) is 5.91 Å². The third kappa shape index (κ3) is 2.06. The van der Waals surface area contributed by atoms with E-state index in [0.717, 1.165) is 36.9 Å². The summed E-state index contributed by atoms with van der Waals surface area (Å²) in [5.74, 6) is 0.819. The number of halogens is 1. The number of fused-ring (bicyclic) bond motifs is 1. The number of hydrogen-bond acceptors (Lipinski definition) is 1. The normalized spacial score (nSPS) is 22.4. The Balaban J connectivity index is 2.29. The zero-order valence-electron chi connectivity index (χ0n) is 10.1. The van der Waals surface area contributed by atoms with Crippen LogP contribution in [0.15, 0.2) is 24.3 Å². The number of carbonyl (C=O) groups is 1. The van der Waals surface area contributed by atoms with Crippen molar-refractivity contribution in [1.82, 2.24) is 0 Å². The third-order valence-electron chi connectivity index (χ3n) is 3.72. The van der Waals surface area contributed by atoms with Crippen molar-refractivity contribution in [2.24, 2.45) is 0 Å². The molecule has 1 aromatic carbocycles. The highest BCUT2D eigenvalue weighted by atomic mass is 35.5. The minimum absolute atomic E-state index is 0.149. The van der Waals surface area contributed by atoms with Gasteiger partial charge in [0.25, 0.3) is 0 Å². The second-order valence-corrected chi connectivity index (χ2v) is 4.96. The molecule has 1 aliphatic heterocycles. The van der Waals surface area contributed by atoms with E-state index in [1.165, 1.54) is 0 Å². The lowest BCUT2D eigenvalue weighted by Gasteiger charge is -2.25. The van der Waals surface area contributed by atoms with Gasteiger partial charge in [-0.1, -0.05) is 31.5 Å². The number of carbonyl (C=O) groups excluding carboxylic acids is 1. The van der Waals surface area contributed by atoms with Crippen LogP contribution in [-0.4, -0.2) is 11.8 Å². The molecule has 0 spiro atoms. The number of benzene rings is 1. The van der Waals surface area contributed by atoms with E-state index in [0.29, 0.717) is 5.88 Å². The summed E-state index contributed by atoms with van der Waals surface area (Å²) in [6, 6.07) is 8.01. The molecule has 1 aromatic rings. The van der Waals surface area contributed by atoms with Crippen LogP contribution in [0, 0.1) is 0 Å². The topological polar surface area (TPSA) is 29.1 Å². The Morgan fingerprint density at radius 3 is 2.76 bits per heavy atom. The lowest BCUT2D eigenvalue weighted by atomic mass is 9.75. The largest absolute Gasteiger partial charge is 0.325 e. The van der Waals surface area contributed by atoms with E-state index in [1.807, 2.05) is 18.2 Å². The summed E-state index contributed by atoms with van der Waals surface area (Å²) in [5, 5.41) is 2.99. The van der Waals surface area contributed by atoms with Gasteiger partial charge in [0.1, 0.15) is 0 Å². The Kier molecular flexibility index (Phi) is 3.72. The number of hydrogen-bond donors (Lipinski definition) is 1. The molecule has 2 rings (SSSR count). The summed E-state index contributed by atoms with van der Waals surface area (Å²) >= 11 is 5.71. The highest BCUT2D eigenvalue weighted by molar-refractivity contribution is 6.17. The molecule has 1 amide bonds. The highest BCUT2D eigenvalue weighted by Crippen LogP contribution is 2.43. The van der Waals surface area contributed by atoms with Crippen LogP contribution in [-0.2, 0) is 10.2 Å². The second-order valence-electron chi connectivity index (χ2n) is 4.58. The molecule has 1 heterocycles. The maximum Gasteiger partial charge on any atom is 0.235 e. The number of amides is 1. The fraction of sp³-hybridized carbons (Fsp3) is 0.500. The van der Waals surface area contributed by atoms with Crippen molar-refractivity contribution >= 4 is 23.2 Å². The van der Waals surface area contributed by atoms with Crippen molar-refractivity contribution < 1.29 is 4.79 Å². The van der Waals surface area contributed by atoms with Crippen LogP contribution in [0.2, 0.25) is 0 Å². The lowest BCUT2D eigenvalue weighted by molar-refractivity contribution is -0.121. The lowest BCUT2D eigenvalue weighted by Crippen LogP contribution is -2.33. The van der Waals surface area contributed by atoms with Gasteiger partial charge in [0.15, 0.2) is 0 Å². The average molecular weight is 252 g/mol. The van der Waals surface area contributed by atoms with Crippen molar-refractivity contribution in [2.45, 2.75) is 38.0 Å². The summed E-state index contributed by atoms with van der Waals surface area (Å²) in [7, 11) is 0. The van der Waals surface area contributed by atoms with E-state index in [-0.39, 0.29) is 11.3 Å². The molecule has 1 aliphatic rings. The predicted octanol–water partition coefficient (Wildman–Crippen LogP) is 3.70. The summed E-state index contributed by atoms with van der Waals surface area (Å²) in [6.07, 6.45) is 3.70. The maximum atomic E-state index is 12.2. The molecule has 1 atom stereocenters. The van der Waals surface area contributed by atoms with E-state index in [2.05, 4.69) is 18.3 Å². The molecule has 2 nitrogen and oxygen atoms in total. The van der Waals surface area contributed by atoms with Crippen LogP contribution in [0.25, 0.3) is 0 Å². The monoisotopic (exact) mass is 251 g/mol. The van der Waals surface area contributed by atoms with Gasteiger partial charge in [-0.15, -0.1) is 11.6 Å². The molecule has 3 heteroatoms. The number of anilines is 1. The minimum Gasteiger partial charge on any atom is -0.325 e. The van der Waals surface area contributed by atoms with Crippen molar-refractivity contribution in [3.8, 4) is 0 Å². The Bertz CT molecular complexity index is 418. The molecule has 0 saturated heterocycles. The van der Waals surface area contributed by atoms with Gasteiger partial charge in [-0.3, -0.25) is 4.79 Å². The number of para-hydroxylation sites is 1. The molecule has 17 heavy (non-hydrogen) atoms. The number of unbranched alkanes of at least 4 members (excludes halogenated alkanes) is 1. The molecule has 0 radical (unpaired) electrons. The van der Waals surface area contributed by atoms with Crippen molar-refractivity contribution in [1.29, 1.82) is 0 Å². The SMILES string of the molecule is CC[C@@]1(CCCCCl)C(=O)Nc2ccccc21. The van der Waals surface area contributed by atoms with Gasteiger partial charge >= 0.3 is 0 Å². The van der Waals surface area contributed by atoms with Crippen molar-refractivity contribution in [2.75, 3.05) is 11.2 Å². The van der Waals surface area contributed by atoms with Crippen LogP contribution in [0.5, 0.6) is 0 Å². The van der Waals surface area contributed by atoms with Gasteiger partial charge in [0.05, 0.1) is 5.41 Å². The predicted molar refractivity (Wildman–Crippen MR) is 71.6 cm³/mol. The fourth-order valence-corrected chi connectivity index (χ4v) is 2.86. The molecule has 0 aromatic heterocycles. The summed E-state index contributed by atoms with van der Waals surface area (Å²) in [5.41, 5.74) is 1.80. The van der Waals surface area contributed by atoms with E-state index >= 15 is 0 Å². The zero-order chi connectivity index (χ0) is 12.3. The minimum atomic E-state index is -0.331. The molecule has 0 fully saturated rings. The van der Waals surface area contributed by atoms with Crippen molar-refractivity contribution in [3.63, 3.8) is 0 Å². The molecule has 92 valence electrons. The molecular formula is C14H18ClNO. The van der Waals surface area contributed by atoms with Crippen LogP contribution in [0.3, 0.4) is 0 Å². The Hall–Kier alpha value is -1.02. The standard InChI is InChI=1S/C14H18ClNO/c1-2-14(9-5-6-10-15)11-7-3-4-8-12(11)16-13(14)17/h3-4,7-8H,2,5-6,9-10H2,1H3,(H,16,17)/t14-/m0/s1. The van der Waals surface area contributed by atoms with E-state index in [4.69, 9.17) is 11.6 Å². The van der Waals surface area contributed by atoms with Gasteiger partial charge in [-0.2, -0.15) is 0 Å². The molecular weight excluding hydrogens is 234 g/mol. The first-order valence-corrected chi connectivity index (χ1v) is 6.75. The molecule has 1 N–H and O–H groups in total. The van der Waals surface area contributed by atoms with Crippen LogP contribution in [0.1, 0.15) is 38.2 Å². The molecule has 0 unspecified atom stereocenters. The number of nitrogens with one attached hydrogen (secondary N) is 1. The molecule has 0 aliphatic carbocycles. The van der Waals surface area contributed by atoms with Gasteiger partial charge in [-0.05, 0) is 30.9 Å². The van der Waals surface area contributed by atoms with Gasteiger partial charge < -0.3 is 5.32 Å². The average Bonchev–Trinajstić information content (AvgIpc) is 2.63. The molecule has 0 bridgehead atoms. The van der Waals surface area contributed by atoms with Crippen molar-refractivity contribution in [3.05, 3.63) is 29.8 Å². The number of alkyl halides is 1. The smallest absolute Gasteiger partial charge is 0.235 e. The first kappa shape index (κ1) is 12.4. The summed E-state index contributed by atoms with van der Waals surface area (Å²) in [6.45, 7) is 2.09. The van der Waals surface area contributed by atoms with E-state index in [1.54, 1.807) is 0 Å². The van der Waals surface area contributed by atoms with Crippen LogP contribution >= 0.6 is 11.6 Å². The molecule has 0 saturated carbocycles. The van der Waals surface area contributed by atoms with E-state index < -0.39 is 0 Å².